The van der Waals surface area contributed by atoms with Crippen LogP contribution in [0.5, 0.6) is 0 Å². The van der Waals surface area contributed by atoms with Gasteiger partial charge in [-0.3, -0.25) is 0 Å². The molecule has 2 rings (SSSR count). The van der Waals surface area contributed by atoms with Gasteiger partial charge in [0.25, 0.3) is 0 Å². The molecule has 3 nitrogen and oxygen atoms in total. The molecular weight excluding hydrogens is 232 g/mol. The molecule has 0 aliphatic heterocycles. The summed E-state index contributed by atoms with van der Waals surface area (Å²) in [4.78, 5) is 4.58. The second-order valence-electron chi connectivity index (χ2n) is 3.69. The summed E-state index contributed by atoms with van der Waals surface area (Å²) in [5, 5.41) is 3.98. The van der Waals surface area contributed by atoms with Crippen LogP contribution < -0.4 is 0 Å². The van der Waals surface area contributed by atoms with Crippen molar-refractivity contribution in [2.75, 3.05) is 0 Å². The first-order valence-electron chi connectivity index (χ1n) is 4.70. The van der Waals surface area contributed by atoms with E-state index in [1.807, 2.05) is 0 Å². The van der Waals surface area contributed by atoms with E-state index in [0.717, 1.165) is 24.1 Å². The van der Waals surface area contributed by atoms with Gasteiger partial charge in [-0.15, -0.1) is 0 Å². The Morgan fingerprint density at radius 1 is 1.69 bits per heavy atom. The first-order valence-corrected chi connectivity index (χ1v) is 5.61. The van der Waals surface area contributed by atoms with Crippen molar-refractivity contribution in [1.82, 2.24) is 10.1 Å². The molecule has 13 heavy (non-hydrogen) atoms. The standard InChI is InChI=1S/C9H13BrN2O/c1-3-7(10)9-11-8(12-13-9)6-4-5(6)2/h5-7H,3-4H2,1-2H3. The van der Waals surface area contributed by atoms with Gasteiger partial charge in [0, 0.05) is 5.92 Å². The van der Waals surface area contributed by atoms with E-state index in [2.05, 4.69) is 39.9 Å². The third kappa shape index (κ3) is 1.77. The molecule has 3 atom stereocenters. The zero-order chi connectivity index (χ0) is 9.42. The predicted octanol–water partition coefficient (Wildman–Crippen LogP) is 3.04. The van der Waals surface area contributed by atoms with E-state index in [-0.39, 0.29) is 4.83 Å². The lowest BCUT2D eigenvalue weighted by Gasteiger charge is -1.96. The predicted molar refractivity (Wildman–Crippen MR) is 52.8 cm³/mol. The van der Waals surface area contributed by atoms with Crippen LogP contribution in [0.25, 0.3) is 0 Å². The molecule has 0 radical (unpaired) electrons. The van der Waals surface area contributed by atoms with E-state index in [1.165, 1.54) is 6.42 Å². The van der Waals surface area contributed by atoms with Gasteiger partial charge in [-0.25, -0.2) is 0 Å². The molecule has 1 aliphatic rings. The molecule has 1 heterocycles. The molecule has 1 aromatic rings. The quantitative estimate of drug-likeness (QED) is 0.768. The van der Waals surface area contributed by atoms with Crippen LogP contribution in [-0.4, -0.2) is 10.1 Å². The van der Waals surface area contributed by atoms with Crippen LogP contribution in [0.2, 0.25) is 0 Å². The number of alkyl halides is 1. The van der Waals surface area contributed by atoms with Crippen LogP contribution in [0.1, 0.15) is 49.1 Å². The molecule has 0 saturated heterocycles. The lowest BCUT2D eigenvalue weighted by Crippen LogP contribution is -1.89. The molecule has 1 saturated carbocycles. The molecule has 4 heteroatoms. The topological polar surface area (TPSA) is 38.9 Å². The normalized spacial score (nSPS) is 28.8. The first-order chi connectivity index (χ1) is 6.22. The minimum Gasteiger partial charge on any atom is -0.338 e. The summed E-state index contributed by atoms with van der Waals surface area (Å²) >= 11 is 3.49. The molecule has 72 valence electrons. The van der Waals surface area contributed by atoms with Crippen LogP contribution in [0.3, 0.4) is 0 Å². The summed E-state index contributed by atoms with van der Waals surface area (Å²) < 4.78 is 5.16. The van der Waals surface area contributed by atoms with Crippen LogP contribution in [0.15, 0.2) is 4.52 Å². The van der Waals surface area contributed by atoms with Crippen molar-refractivity contribution in [3.63, 3.8) is 0 Å². The van der Waals surface area contributed by atoms with Crippen LogP contribution in [0, 0.1) is 5.92 Å². The molecular formula is C9H13BrN2O. The van der Waals surface area contributed by atoms with Crippen molar-refractivity contribution < 1.29 is 4.52 Å². The second-order valence-corrected chi connectivity index (χ2v) is 4.79. The van der Waals surface area contributed by atoms with Crippen LogP contribution in [-0.2, 0) is 0 Å². The minimum atomic E-state index is 0.211. The van der Waals surface area contributed by atoms with E-state index >= 15 is 0 Å². The van der Waals surface area contributed by atoms with Gasteiger partial charge in [-0.1, -0.05) is 34.9 Å². The number of rotatable bonds is 3. The largest absolute Gasteiger partial charge is 0.338 e. The van der Waals surface area contributed by atoms with Gasteiger partial charge >= 0.3 is 0 Å². The third-order valence-corrected chi connectivity index (χ3v) is 3.56. The van der Waals surface area contributed by atoms with Gasteiger partial charge in [0.05, 0.1) is 4.83 Å². The highest BCUT2D eigenvalue weighted by molar-refractivity contribution is 9.09. The lowest BCUT2D eigenvalue weighted by atomic mass is 10.3. The van der Waals surface area contributed by atoms with Crippen molar-refractivity contribution in [1.29, 1.82) is 0 Å². The summed E-state index contributed by atoms with van der Waals surface area (Å²) in [7, 11) is 0. The fourth-order valence-electron chi connectivity index (χ4n) is 1.38. The van der Waals surface area contributed by atoms with Crippen LogP contribution in [0.4, 0.5) is 0 Å². The summed E-state index contributed by atoms with van der Waals surface area (Å²) in [6.07, 6.45) is 2.18. The third-order valence-electron chi connectivity index (χ3n) is 2.52. The van der Waals surface area contributed by atoms with Crippen molar-refractivity contribution in [2.45, 2.75) is 37.4 Å². The fraction of sp³-hybridized carbons (Fsp3) is 0.778. The zero-order valence-electron chi connectivity index (χ0n) is 7.83. The minimum absolute atomic E-state index is 0.211. The maximum absolute atomic E-state index is 5.16. The molecule has 1 aliphatic carbocycles. The Hall–Kier alpha value is -0.380. The Balaban J connectivity index is 2.09. The molecule has 0 amide bonds. The molecule has 0 spiro atoms. The summed E-state index contributed by atoms with van der Waals surface area (Å²) in [5.74, 6) is 2.90. The maximum atomic E-state index is 5.16. The summed E-state index contributed by atoms with van der Waals surface area (Å²) in [5.41, 5.74) is 0. The van der Waals surface area contributed by atoms with Gasteiger partial charge in [0.15, 0.2) is 5.82 Å². The van der Waals surface area contributed by atoms with E-state index in [9.17, 15) is 0 Å². The molecule has 1 aromatic heterocycles. The van der Waals surface area contributed by atoms with Gasteiger partial charge in [0.1, 0.15) is 0 Å². The second kappa shape index (κ2) is 3.40. The van der Waals surface area contributed by atoms with E-state index < -0.39 is 0 Å². The number of halogens is 1. The number of hydrogen-bond acceptors (Lipinski definition) is 3. The SMILES string of the molecule is CCC(Br)c1nc(C2CC2C)no1. The Morgan fingerprint density at radius 3 is 2.92 bits per heavy atom. The maximum Gasteiger partial charge on any atom is 0.240 e. The molecule has 3 unspecified atom stereocenters. The van der Waals surface area contributed by atoms with E-state index in [1.54, 1.807) is 0 Å². The van der Waals surface area contributed by atoms with Gasteiger partial charge in [0.2, 0.25) is 5.89 Å². The number of hydrogen-bond donors (Lipinski definition) is 0. The first kappa shape index (κ1) is 9.19. The van der Waals surface area contributed by atoms with E-state index in [4.69, 9.17) is 4.52 Å². The monoisotopic (exact) mass is 244 g/mol. The summed E-state index contributed by atoms with van der Waals surface area (Å²) in [6, 6.07) is 0. The molecule has 0 N–H and O–H groups in total. The van der Waals surface area contributed by atoms with Gasteiger partial charge in [-0.05, 0) is 18.8 Å². The molecule has 1 fully saturated rings. The van der Waals surface area contributed by atoms with Crippen molar-refractivity contribution in [3.05, 3.63) is 11.7 Å². The highest BCUT2D eigenvalue weighted by Crippen LogP contribution is 2.45. The Morgan fingerprint density at radius 2 is 2.38 bits per heavy atom. The Labute approximate surface area is 86.0 Å². The fourth-order valence-corrected chi connectivity index (χ4v) is 1.57. The smallest absolute Gasteiger partial charge is 0.240 e. The Kier molecular flexibility index (Phi) is 2.41. The van der Waals surface area contributed by atoms with Crippen molar-refractivity contribution in [2.24, 2.45) is 5.92 Å². The lowest BCUT2D eigenvalue weighted by molar-refractivity contribution is 0.371. The zero-order valence-corrected chi connectivity index (χ0v) is 9.41. The van der Waals surface area contributed by atoms with E-state index in [0.29, 0.717) is 5.92 Å². The van der Waals surface area contributed by atoms with Gasteiger partial charge in [-0.2, -0.15) is 4.98 Å². The molecule has 0 bridgehead atoms. The van der Waals surface area contributed by atoms with Gasteiger partial charge < -0.3 is 4.52 Å². The van der Waals surface area contributed by atoms with Crippen LogP contribution >= 0.6 is 15.9 Å². The number of nitrogens with zero attached hydrogens (tertiary/aromatic N) is 2. The van der Waals surface area contributed by atoms with Crippen molar-refractivity contribution >= 4 is 15.9 Å². The van der Waals surface area contributed by atoms with Crippen molar-refractivity contribution in [3.8, 4) is 0 Å². The Bertz CT molecular complexity index is 281. The molecule has 0 aromatic carbocycles. The number of aromatic nitrogens is 2. The summed E-state index contributed by atoms with van der Waals surface area (Å²) in [6.45, 7) is 4.30. The average Bonchev–Trinajstić information content (AvgIpc) is 2.70. The highest BCUT2D eigenvalue weighted by Gasteiger charge is 2.38. The highest BCUT2D eigenvalue weighted by atomic mass is 79.9. The average molecular weight is 245 g/mol.